The number of hydrogen-bond acceptors (Lipinski definition) is 4. The fourth-order valence-corrected chi connectivity index (χ4v) is 3.21. The van der Waals surface area contributed by atoms with E-state index in [1.807, 2.05) is 0 Å². The fourth-order valence-electron chi connectivity index (χ4n) is 2.45. The average Bonchev–Trinajstić information content (AvgIpc) is 2.85. The summed E-state index contributed by atoms with van der Waals surface area (Å²) in [6.45, 7) is 0. The van der Waals surface area contributed by atoms with Crippen LogP contribution in [0, 0.1) is 0 Å². The summed E-state index contributed by atoms with van der Waals surface area (Å²) in [5.41, 5.74) is -4.71. The number of methoxy groups -OCH3 is 1. The molecule has 1 aliphatic carbocycles. The van der Waals surface area contributed by atoms with Crippen LogP contribution in [0.15, 0.2) is 29.2 Å². The highest BCUT2D eigenvalue weighted by atomic mass is 32.2. The second-order valence-electron chi connectivity index (χ2n) is 4.93. The molecule has 8 heteroatoms. The van der Waals surface area contributed by atoms with Crippen LogP contribution in [0.1, 0.15) is 19.3 Å². The van der Waals surface area contributed by atoms with Crippen molar-refractivity contribution in [1.82, 2.24) is 0 Å². The molecule has 1 N–H and O–H groups in total. The third-order valence-corrected chi connectivity index (χ3v) is 5.08. The molecular weight excluding hydrogens is 307 g/mol. The first kappa shape index (κ1) is 16.1. The summed E-state index contributed by atoms with van der Waals surface area (Å²) in [6, 6.07) is 4.68. The Balaban J connectivity index is 2.13. The Morgan fingerprint density at radius 2 is 1.81 bits per heavy atom. The van der Waals surface area contributed by atoms with E-state index < -0.39 is 20.2 Å². The summed E-state index contributed by atoms with van der Waals surface area (Å²) in [7, 11) is -3.67. The standard InChI is InChI=1S/C13H16F3NO3S/c1-20-12-4-2-3-11(12)17-9-5-7-10(8-6-9)21(18,19)13(14,15)16/h5-8,11-12,17H,2-4H2,1H3. The number of alkyl halides is 3. The number of rotatable bonds is 4. The van der Waals surface area contributed by atoms with Crippen molar-refractivity contribution in [3.8, 4) is 0 Å². The molecule has 0 heterocycles. The second kappa shape index (κ2) is 5.84. The van der Waals surface area contributed by atoms with E-state index >= 15 is 0 Å². The van der Waals surface area contributed by atoms with Crippen molar-refractivity contribution in [2.75, 3.05) is 12.4 Å². The zero-order valence-corrected chi connectivity index (χ0v) is 12.2. The Bertz CT molecular complexity index is 584. The number of halogens is 3. The van der Waals surface area contributed by atoms with Crippen LogP contribution in [0.5, 0.6) is 0 Å². The van der Waals surface area contributed by atoms with E-state index in [9.17, 15) is 21.6 Å². The molecule has 0 radical (unpaired) electrons. The van der Waals surface area contributed by atoms with Gasteiger partial charge >= 0.3 is 5.51 Å². The molecule has 2 atom stereocenters. The summed E-state index contributed by atoms with van der Waals surface area (Å²) < 4.78 is 65.1. The molecule has 2 unspecified atom stereocenters. The monoisotopic (exact) mass is 323 g/mol. The van der Waals surface area contributed by atoms with Gasteiger partial charge in [0.25, 0.3) is 9.84 Å². The molecule has 4 nitrogen and oxygen atoms in total. The normalized spacial score (nSPS) is 23.2. The van der Waals surface area contributed by atoms with Gasteiger partial charge in [-0.1, -0.05) is 0 Å². The summed E-state index contributed by atoms with van der Waals surface area (Å²) >= 11 is 0. The molecule has 1 aromatic carbocycles. The molecule has 1 saturated carbocycles. The van der Waals surface area contributed by atoms with Crippen LogP contribution >= 0.6 is 0 Å². The van der Waals surface area contributed by atoms with Gasteiger partial charge in [-0.05, 0) is 43.5 Å². The van der Waals surface area contributed by atoms with Crippen molar-refractivity contribution in [3.63, 3.8) is 0 Å². The third-order valence-electron chi connectivity index (χ3n) is 3.58. The highest BCUT2D eigenvalue weighted by Crippen LogP contribution is 2.31. The minimum absolute atomic E-state index is 0.0589. The molecule has 0 amide bonds. The van der Waals surface area contributed by atoms with E-state index in [2.05, 4.69) is 5.32 Å². The van der Waals surface area contributed by atoms with Crippen molar-refractivity contribution in [3.05, 3.63) is 24.3 Å². The van der Waals surface area contributed by atoms with Crippen LogP contribution in [-0.2, 0) is 14.6 Å². The van der Waals surface area contributed by atoms with Crippen LogP contribution in [0.4, 0.5) is 18.9 Å². The Hall–Kier alpha value is -1.28. The van der Waals surface area contributed by atoms with Crippen molar-refractivity contribution in [2.45, 2.75) is 41.8 Å². The topological polar surface area (TPSA) is 55.4 Å². The highest BCUT2D eigenvalue weighted by Gasteiger charge is 2.46. The molecule has 0 bridgehead atoms. The van der Waals surface area contributed by atoms with Gasteiger partial charge in [-0.15, -0.1) is 0 Å². The Kier molecular flexibility index (Phi) is 4.48. The molecular formula is C13H16F3NO3S. The van der Waals surface area contributed by atoms with Crippen LogP contribution in [-0.4, -0.2) is 33.2 Å². The number of anilines is 1. The zero-order chi connectivity index (χ0) is 15.7. The summed E-state index contributed by atoms with van der Waals surface area (Å²) in [4.78, 5) is -0.754. The molecule has 118 valence electrons. The maximum Gasteiger partial charge on any atom is 0.501 e. The predicted molar refractivity (Wildman–Crippen MR) is 71.7 cm³/mol. The van der Waals surface area contributed by atoms with E-state index in [0.29, 0.717) is 5.69 Å². The summed E-state index contributed by atoms with van der Waals surface area (Å²) in [6.07, 6.45) is 2.90. The quantitative estimate of drug-likeness (QED) is 0.925. The van der Waals surface area contributed by atoms with Crippen LogP contribution in [0.25, 0.3) is 0 Å². The van der Waals surface area contributed by atoms with E-state index in [4.69, 9.17) is 4.74 Å². The highest BCUT2D eigenvalue weighted by molar-refractivity contribution is 7.92. The van der Waals surface area contributed by atoms with E-state index in [0.717, 1.165) is 31.4 Å². The van der Waals surface area contributed by atoms with E-state index in [1.54, 1.807) is 7.11 Å². The van der Waals surface area contributed by atoms with Crippen LogP contribution < -0.4 is 5.32 Å². The molecule has 1 fully saturated rings. The Morgan fingerprint density at radius 3 is 2.33 bits per heavy atom. The smallest absolute Gasteiger partial charge is 0.380 e. The minimum atomic E-state index is -5.29. The van der Waals surface area contributed by atoms with Crippen molar-refractivity contribution >= 4 is 15.5 Å². The lowest BCUT2D eigenvalue weighted by molar-refractivity contribution is -0.0436. The van der Waals surface area contributed by atoms with Crippen molar-refractivity contribution < 1.29 is 26.3 Å². The Labute approximate surface area is 121 Å². The lowest BCUT2D eigenvalue weighted by Crippen LogP contribution is -2.29. The van der Waals surface area contributed by atoms with Gasteiger partial charge in [-0.2, -0.15) is 13.2 Å². The van der Waals surface area contributed by atoms with Gasteiger partial charge in [-0.25, -0.2) is 8.42 Å². The van der Waals surface area contributed by atoms with Gasteiger partial charge in [0.2, 0.25) is 0 Å². The number of sulfone groups is 1. The van der Waals surface area contributed by atoms with Gasteiger partial charge in [0.05, 0.1) is 17.0 Å². The minimum Gasteiger partial charge on any atom is -0.380 e. The van der Waals surface area contributed by atoms with Gasteiger partial charge in [0.15, 0.2) is 0 Å². The number of ether oxygens (including phenoxy) is 1. The van der Waals surface area contributed by atoms with E-state index in [1.165, 1.54) is 12.1 Å². The Morgan fingerprint density at radius 1 is 1.19 bits per heavy atom. The molecule has 0 spiro atoms. The number of hydrogen-bond donors (Lipinski definition) is 1. The predicted octanol–water partition coefficient (Wildman–Crippen LogP) is 2.96. The molecule has 0 aliphatic heterocycles. The molecule has 0 saturated heterocycles. The maximum absolute atomic E-state index is 12.4. The van der Waals surface area contributed by atoms with E-state index in [-0.39, 0.29) is 12.1 Å². The SMILES string of the molecule is COC1CCCC1Nc1ccc(S(=O)(=O)C(F)(F)F)cc1. The van der Waals surface area contributed by atoms with Crippen molar-refractivity contribution in [2.24, 2.45) is 0 Å². The third kappa shape index (κ3) is 3.32. The lowest BCUT2D eigenvalue weighted by atomic mass is 10.2. The fraction of sp³-hybridized carbons (Fsp3) is 0.538. The molecule has 0 aromatic heterocycles. The lowest BCUT2D eigenvalue weighted by Gasteiger charge is -2.21. The first-order valence-corrected chi connectivity index (χ1v) is 7.95. The largest absolute Gasteiger partial charge is 0.501 e. The van der Waals surface area contributed by atoms with Gasteiger partial charge in [0, 0.05) is 12.8 Å². The summed E-state index contributed by atoms with van der Waals surface area (Å²) in [5, 5.41) is 3.16. The summed E-state index contributed by atoms with van der Waals surface area (Å²) in [5.74, 6) is 0. The number of benzene rings is 1. The van der Waals surface area contributed by atoms with Crippen LogP contribution in [0.2, 0.25) is 0 Å². The maximum atomic E-state index is 12.4. The van der Waals surface area contributed by atoms with Crippen molar-refractivity contribution in [1.29, 1.82) is 0 Å². The second-order valence-corrected chi connectivity index (χ2v) is 6.87. The molecule has 2 rings (SSSR count). The molecule has 1 aliphatic rings. The number of nitrogens with one attached hydrogen (secondary N) is 1. The van der Waals surface area contributed by atoms with Gasteiger partial charge < -0.3 is 10.1 Å². The first-order valence-electron chi connectivity index (χ1n) is 6.46. The van der Waals surface area contributed by atoms with Crippen LogP contribution in [0.3, 0.4) is 0 Å². The van der Waals surface area contributed by atoms with Gasteiger partial charge in [0.1, 0.15) is 0 Å². The van der Waals surface area contributed by atoms with Gasteiger partial charge in [-0.3, -0.25) is 0 Å². The zero-order valence-electron chi connectivity index (χ0n) is 11.4. The first-order chi connectivity index (χ1) is 9.75. The molecule has 1 aromatic rings. The average molecular weight is 323 g/mol. The molecule has 21 heavy (non-hydrogen) atoms.